The first kappa shape index (κ1) is 16.8. The van der Waals surface area contributed by atoms with Gasteiger partial charge in [-0.15, -0.1) is 0 Å². The highest BCUT2D eigenvalue weighted by molar-refractivity contribution is 5.92. The second-order valence-electron chi connectivity index (χ2n) is 7.08. The van der Waals surface area contributed by atoms with Crippen molar-refractivity contribution in [3.8, 4) is 0 Å². The Hall–Kier alpha value is -2.61. The molecule has 4 heterocycles. The molecule has 1 spiro atoms. The van der Waals surface area contributed by atoms with Crippen molar-refractivity contribution in [3.63, 3.8) is 0 Å². The summed E-state index contributed by atoms with van der Waals surface area (Å²) in [7, 11) is 0. The van der Waals surface area contributed by atoms with Crippen LogP contribution in [0.4, 0.5) is 5.82 Å². The molecular formula is C18H22N6O2. The predicted molar refractivity (Wildman–Crippen MR) is 94.4 cm³/mol. The number of aliphatic hydroxyl groups is 1. The van der Waals surface area contributed by atoms with Gasteiger partial charge in [0.1, 0.15) is 24.2 Å². The quantitative estimate of drug-likeness (QED) is 0.863. The van der Waals surface area contributed by atoms with Crippen LogP contribution in [0.5, 0.6) is 0 Å². The van der Waals surface area contributed by atoms with Crippen molar-refractivity contribution < 1.29 is 9.90 Å². The molecule has 0 radical (unpaired) electrons. The molecule has 2 aliphatic rings. The highest BCUT2D eigenvalue weighted by atomic mass is 16.3. The van der Waals surface area contributed by atoms with Gasteiger partial charge in [-0.2, -0.15) is 0 Å². The van der Waals surface area contributed by atoms with E-state index < -0.39 is 0 Å². The van der Waals surface area contributed by atoms with Gasteiger partial charge in [0.25, 0.3) is 5.91 Å². The smallest absolute Gasteiger partial charge is 0.272 e. The summed E-state index contributed by atoms with van der Waals surface area (Å²) in [6.07, 6.45) is 8.02. The van der Waals surface area contributed by atoms with Crippen molar-refractivity contribution in [3.05, 3.63) is 42.9 Å². The van der Waals surface area contributed by atoms with E-state index >= 15 is 0 Å². The molecule has 1 atom stereocenters. The lowest BCUT2D eigenvalue weighted by Crippen LogP contribution is -2.47. The van der Waals surface area contributed by atoms with E-state index in [2.05, 4.69) is 24.8 Å². The Morgan fingerprint density at radius 1 is 1.15 bits per heavy atom. The molecule has 1 unspecified atom stereocenters. The summed E-state index contributed by atoms with van der Waals surface area (Å²) < 4.78 is 0. The Morgan fingerprint density at radius 2 is 1.88 bits per heavy atom. The van der Waals surface area contributed by atoms with Gasteiger partial charge in [-0.25, -0.2) is 19.9 Å². The number of anilines is 1. The van der Waals surface area contributed by atoms with Crippen LogP contribution in [-0.2, 0) is 0 Å². The van der Waals surface area contributed by atoms with Gasteiger partial charge in [0.2, 0.25) is 0 Å². The summed E-state index contributed by atoms with van der Waals surface area (Å²) in [5, 5.41) is 9.94. The third-order valence-electron chi connectivity index (χ3n) is 5.77. The number of aromatic nitrogens is 4. The highest BCUT2D eigenvalue weighted by Crippen LogP contribution is 2.45. The molecule has 8 nitrogen and oxygen atoms in total. The normalized spacial score (nSPS) is 22.0. The number of hydrogen-bond acceptors (Lipinski definition) is 7. The molecule has 8 heteroatoms. The van der Waals surface area contributed by atoms with Gasteiger partial charge in [0.15, 0.2) is 0 Å². The number of carbonyl (C=O) groups excluding carboxylic acids is 1. The van der Waals surface area contributed by atoms with Crippen LogP contribution in [0.25, 0.3) is 0 Å². The molecule has 2 aliphatic heterocycles. The first-order chi connectivity index (χ1) is 12.7. The molecule has 2 aromatic rings. The number of nitrogens with zero attached hydrogens (tertiary/aromatic N) is 6. The van der Waals surface area contributed by atoms with Crippen LogP contribution >= 0.6 is 0 Å². The van der Waals surface area contributed by atoms with Gasteiger partial charge in [-0.3, -0.25) is 4.79 Å². The number of hydrogen-bond donors (Lipinski definition) is 1. The minimum Gasteiger partial charge on any atom is -0.396 e. The minimum atomic E-state index is -0.0477. The molecule has 2 saturated heterocycles. The van der Waals surface area contributed by atoms with E-state index in [0.29, 0.717) is 18.8 Å². The molecule has 1 amide bonds. The number of aliphatic hydroxyl groups excluding tert-OH is 1. The summed E-state index contributed by atoms with van der Waals surface area (Å²) >= 11 is 0. The van der Waals surface area contributed by atoms with Crippen molar-refractivity contribution >= 4 is 11.7 Å². The molecule has 136 valence electrons. The van der Waals surface area contributed by atoms with Crippen LogP contribution in [0.1, 0.15) is 23.3 Å². The lowest BCUT2D eigenvalue weighted by Gasteiger charge is -2.42. The van der Waals surface area contributed by atoms with E-state index in [-0.39, 0.29) is 23.8 Å². The maximum absolute atomic E-state index is 12.6. The number of amides is 1. The zero-order valence-corrected chi connectivity index (χ0v) is 14.5. The summed E-state index contributed by atoms with van der Waals surface area (Å²) in [6, 6.07) is 3.55. The highest BCUT2D eigenvalue weighted by Gasteiger charge is 2.48. The Balaban J connectivity index is 1.46. The van der Waals surface area contributed by atoms with Crippen LogP contribution in [0.2, 0.25) is 0 Å². The molecule has 2 fully saturated rings. The Kier molecular flexibility index (Phi) is 4.50. The topological polar surface area (TPSA) is 95.3 Å². The van der Waals surface area contributed by atoms with Crippen molar-refractivity contribution in [2.75, 3.05) is 37.7 Å². The van der Waals surface area contributed by atoms with E-state index in [1.54, 1.807) is 24.8 Å². The van der Waals surface area contributed by atoms with Gasteiger partial charge in [0, 0.05) is 51.1 Å². The third-order valence-corrected chi connectivity index (χ3v) is 5.77. The van der Waals surface area contributed by atoms with E-state index in [1.165, 1.54) is 6.33 Å². The largest absolute Gasteiger partial charge is 0.396 e. The lowest BCUT2D eigenvalue weighted by molar-refractivity contribution is 0.0412. The zero-order chi connectivity index (χ0) is 18.0. The predicted octanol–water partition coefficient (Wildman–Crippen LogP) is 0.618. The molecule has 2 aromatic heterocycles. The van der Waals surface area contributed by atoms with Gasteiger partial charge >= 0.3 is 0 Å². The molecule has 0 aliphatic carbocycles. The molecule has 0 saturated carbocycles. The van der Waals surface area contributed by atoms with E-state index in [4.69, 9.17) is 0 Å². The van der Waals surface area contributed by atoms with Crippen molar-refractivity contribution in [2.45, 2.75) is 12.8 Å². The van der Waals surface area contributed by atoms with Crippen molar-refractivity contribution in [1.82, 2.24) is 24.8 Å². The molecule has 4 rings (SSSR count). The summed E-state index contributed by atoms with van der Waals surface area (Å²) in [6.45, 7) is 3.15. The number of piperidine rings is 1. The molecule has 0 aromatic carbocycles. The number of rotatable bonds is 3. The molecule has 1 N–H and O–H groups in total. The maximum atomic E-state index is 12.6. The maximum Gasteiger partial charge on any atom is 0.272 e. The van der Waals surface area contributed by atoms with Gasteiger partial charge in [-0.05, 0) is 30.4 Å². The van der Waals surface area contributed by atoms with Gasteiger partial charge in [-0.1, -0.05) is 0 Å². The van der Waals surface area contributed by atoms with E-state index in [0.717, 1.165) is 31.7 Å². The summed E-state index contributed by atoms with van der Waals surface area (Å²) in [5.74, 6) is 1.04. The van der Waals surface area contributed by atoms with Crippen LogP contribution in [0.3, 0.4) is 0 Å². The Bertz CT molecular complexity index is 749. The first-order valence-electron chi connectivity index (χ1n) is 8.89. The number of carbonyl (C=O) groups is 1. The SMILES string of the molecule is O=C(c1ccncn1)N1CCC2(CC1)CN(c1ccncn1)CC2CO. The average Bonchev–Trinajstić information content (AvgIpc) is 3.07. The standard InChI is InChI=1S/C18H22N6O2/c25-10-14-9-24(16-2-6-20-13-22-16)11-18(14)3-7-23(8-4-18)17(26)15-1-5-19-12-21-15/h1-2,5-6,12-14,25H,3-4,7-11H2. The fraction of sp³-hybridized carbons (Fsp3) is 0.500. The Morgan fingerprint density at radius 3 is 2.50 bits per heavy atom. The summed E-state index contributed by atoms with van der Waals surface area (Å²) in [4.78, 5) is 32.9. The van der Waals surface area contributed by atoms with Crippen LogP contribution in [0, 0.1) is 11.3 Å². The fourth-order valence-electron chi connectivity index (χ4n) is 4.23. The Labute approximate surface area is 151 Å². The average molecular weight is 354 g/mol. The fourth-order valence-corrected chi connectivity index (χ4v) is 4.23. The van der Waals surface area contributed by atoms with Crippen LogP contribution in [-0.4, -0.2) is 68.6 Å². The molecule has 0 bridgehead atoms. The molecule has 26 heavy (non-hydrogen) atoms. The van der Waals surface area contributed by atoms with Gasteiger partial charge in [0.05, 0.1) is 0 Å². The minimum absolute atomic E-state index is 0.0160. The first-order valence-corrected chi connectivity index (χ1v) is 8.89. The third kappa shape index (κ3) is 3.01. The zero-order valence-electron chi connectivity index (χ0n) is 14.5. The number of likely N-dealkylation sites (tertiary alicyclic amines) is 1. The van der Waals surface area contributed by atoms with Gasteiger partial charge < -0.3 is 14.9 Å². The lowest BCUT2D eigenvalue weighted by atomic mass is 9.71. The van der Waals surface area contributed by atoms with E-state index in [1.807, 2.05) is 11.0 Å². The van der Waals surface area contributed by atoms with Crippen LogP contribution < -0.4 is 4.90 Å². The monoisotopic (exact) mass is 354 g/mol. The van der Waals surface area contributed by atoms with Crippen LogP contribution in [0.15, 0.2) is 37.2 Å². The second kappa shape index (κ2) is 6.95. The van der Waals surface area contributed by atoms with Crippen molar-refractivity contribution in [1.29, 1.82) is 0 Å². The summed E-state index contributed by atoms with van der Waals surface area (Å²) in [5.41, 5.74) is 0.450. The van der Waals surface area contributed by atoms with Crippen molar-refractivity contribution in [2.24, 2.45) is 11.3 Å². The second-order valence-corrected chi connectivity index (χ2v) is 7.08. The molecular weight excluding hydrogens is 332 g/mol. The van der Waals surface area contributed by atoms with E-state index in [9.17, 15) is 9.90 Å².